The first-order valence-corrected chi connectivity index (χ1v) is 133. The van der Waals surface area contributed by atoms with E-state index in [1.165, 1.54) is 0 Å². The van der Waals surface area contributed by atoms with Gasteiger partial charge in [-0.2, -0.15) is 9.97 Å². The van der Waals surface area contributed by atoms with Crippen molar-refractivity contribution in [1.82, 2.24) is 15.3 Å². The van der Waals surface area contributed by atoms with Crippen molar-refractivity contribution in [2.24, 2.45) is 0 Å². The molecule has 8 nitrogen and oxygen atoms in total. The summed E-state index contributed by atoms with van der Waals surface area (Å²) in [4.78, 5) is 10.5. The molecule has 2 aromatic carbocycles. The zero-order valence-corrected chi connectivity index (χ0v) is 113. The Morgan fingerprint density at radius 3 is 1.02 bits per heavy atom. The van der Waals surface area contributed by atoms with E-state index in [0.717, 1.165) is 45.4 Å². The lowest BCUT2D eigenvalue weighted by Crippen LogP contribution is -2.43. The Hall–Kier alpha value is 23.3. The molecular formula is C24H88Cl3N4O4P59. The molecule has 0 aliphatic carbocycles. The number of halogens is 3. The van der Waals surface area contributed by atoms with Crippen LogP contribution in [0, 0.1) is 0 Å². The maximum absolute atomic E-state index is 5.93. The molecule has 4 aromatic rings. The van der Waals surface area contributed by atoms with Crippen molar-refractivity contribution in [3.63, 3.8) is 0 Å². The van der Waals surface area contributed by atoms with Crippen LogP contribution in [-0.2, 0) is 9.47 Å². The van der Waals surface area contributed by atoms with Gasteiger partial charge >= 0.3 is 0 Å². The van der Waals surface area contributed by atoms with Crippen LogP contribution in [-0.4, -0.2) is 61.6 Å². The molecule has 544 valence electrons. The summed E-state index contributed by atoms with van der Waals surface area (Å²) in [5.74, 6) is 0. The highest BCUT2D eigenvalue weighted by Gasteiger charge is 2.61. The zero-order valence-electron chi connectivity index (χ0n) is 49.8. The second-order valence-electron chi connectivity index (χ2n) is 17.5. The number of anilines is 1. The van der Waals surface area contributed by atoms with Crippen molar-refractivity contribution in [2.75, 3.05) is 44.4 Å². The lowest BCUT2D eigenvalue weighted by molar-refractivity contribution is 0.0824. The third kappa shape index (κ3) is 38.3. The van der Waals surface area contributed by atoms with Gasteiger partial charge in [0.25, 0.3) is 11.4 Å². The average Bonchev–Trinajstić information content (AvgIpc) is 0.969. The van der Waals surface area contributed by atoms with E-state index < -0.39 is 0 Å². The van der Waals surface area contributed by atoms with Crippen LogP contribution in [0.15, 0.2) is 45.2 Å². The Morgan fingerprint density at radius 1 is 0.415 bits per heavy atom. The molecule has 2 saturated heterocycles. The van der Waals surface area contributed by atoms with Crippen LogP contribution in [0.25, 0.3) is 22.2 Å². The van der Waals surface area contributed by atoms with Crippen molar-refractivity contribution in [3.8, 4) is 0 Å². The van der Waals surface area contributed by atoms with Gasteiger partial charge < -0.3 is 28.5 Å². The molecule has 0 amide bonds. The first kappa shape index (κ1) is 111. The molecule has 0 saturated carbocycles. The quantitative estimate of drug-likeness (QED) is 0.0538. The van der Waals surface area contributed by atoms with Crippen LogP contribution in [0.1, 0.15) is 13.8 Å². The summed E-state index contributed by atoms with van der Waals surface area (Å²) in [6.45, 7) is 3.25. The third-order valence-corrected chi connectivity index (χ3v) is 422. The van der Waals surface area contributed by atoms with Crippen molar-refractivity contribution < 1.29 is 18.3 Å². The molecule has 4 heterocycles. The second-order valence-corrected chi connectivity index (χ2v) is 260. The number of nitrogens with zero attached hydrogens (tertiary/aromatic N) is 3. The first-order chi connectivity index (χ1) is 43.7. The van der Waals surface area contributed by atoms with Gasteiger partial charge in [-0.1, -0.05) is 31.2 Å². The molecule has 2 aliphatic heterocycles. The molecule has 2 aromatic heterocycles. The smallest absolute Gasteiger partial charge is 0.298 e. The van der Waals surface area contributed by atoms with Crippen molar-refractivity contribution in [3.05, 3.63) is 51.8 Å². The number of ether oxygens (including phenoxy) is 2. The van der Waals surface area contributed by atoms with Gasteiger partial charge in [-0.05, 0) is 257 Å². The van der Waals surface area contributed by atoms with Gasteiger partial charge in [-0.25, -0.2) is 0 Å². The highest BCUT2D eigenvalue weighted by Crippen LogP contribution is 3.48. The highest BCUT2D eigenvalue weighted by atomic mass is 35.5. The van der Waals surface area contributed by atoms with E-state index in [9.17, 15) is 0 Å². The minimum absolute atomic E-state index is 0.141. The highest BCUT2D eigenvalue weighted by molar-refractivity contribution is 9.54. The van der Waals surface area contributed by atoms with Crippen LogP contribution >= 0.6 is 506 Å². The number of oxazole rings is 2. The zero-order chi connectivity index (χ0) is 71.7. The van der Waals surface area contributed by atoms with Gasteiger partial charge in [0.1, 0.15) is 11.0 Å². The molecule has 1 N–H and O–H groups in total. The van der Waals surface area contributed by atoms with E-state index in [1.807, 2.05) is 18.2 Å². The summed E-state index contributed by atoms with van der Waals surface area (Å²) in [5, 5.41) is 4.70. The molecule has 2 fully saturated rings. The van der Waals surface area contributed by atoms with Crippen LogP contribution < -0.4 is 10.2 Å². The summed E-state index contributed by atoms with van der Waals surface area (Å²) >= 11 is 17.1. The molecule has 94 heavy (non-hydrogen) atoms. The van der Waals surface area contributed by atoms with Gasteiger partial charge in [0.2, 0.25) is 0 Å². The van der Waals surface area contributed by atoms with Gasteiger partial charge in [-0.15, -0.1) is 268 Å². The Bertz CT molecular complexity index is 2590. The van der Waals surface area contributed by atoms with E-state index in [1.54, 1.807) is 18.2 Å². The first-order valence-electron chi connectivity index (χ1n) is 24.7. The van der Waals surface area contributed by atoms with Crippen molar-refractivity contribution >= 4 is 534 Å². The fourth-order valence-corrected chi connectivity index (χ4v) is 854. The molecule has 36 atom stereocenters. The predicted octanol–water partition coefficient (Wildman–Crippen LogP) is 40.3. The minimum atomic E-state index is -0.250. The normalized spacial score (nSPS) is 17.6. The maximum Gasteiger partial charge on any atom is 0.298 e. The Kier molecular flexibility index (Phi) is 71.4. The minimum Gasteiger partial charge on any atom is -0.428 e. The monoisotopic (exact) mass is 2430 g/mol. The summed E-state index contributed by atoms with van der Waals surface area (Å²) in [6, 6.07) is 12.1. The van der Waals surface area contributed by atoms with Gasteiger partial charge in [0, 0.05) is 29.2 Å². The SMILES string of the molecule is C[C@H]1COCCN1.C[C@H]1COCCN1c1nc2cc(Cl)ccc2o1.Clc1ccc2oc(Cl)nc2c1.PPP(P)P(P(P(P)P)P(P)P)P(P(P(P(P)P)P(P)P)P(P(P)P)P(P)P)P(P(P(P(P)P)P(P)P)P(P(P)P)P(P)P)P(P(P(P)P)P(P)P)P(P(P)P)P(P)P. The molecule has 2 aliphatic rings. The number of hydrogen-bond acceptors (Lipinski definition) is 8. The summed E-state index contributed by atoms with van der Waals surface area (Å²) in [5.41, 5.74) is 2.90. The Balaban J connectivity index is 0.000000511. The van der Waals surface area contributed by atoms with E-state index >= 15 is 0 Å². The topological polar surface area (TPSA) is 85.8 Å². The number of nitrogens with one attached hydrogen (secondary N) is 1. The molecule has 0 radical (unpaired) electrons. The van der Waals surface area contributed by atoms with E-state index in [0.29, 0.717) is 46.4 Å². The largest absolute Gasteiger partial charge is 0.428 e. The fourth-order valence-electron chi connectivity index (χ4n) is 7.09. The number of fused-ring (bicyclic) bond motifs is 2. The van der Waals surface area contributed by atoms with Crippen molar-refractivity contribution in [1.29, 1.82) is 0 Å². The molecule has 6 rings (SSSR count). The Labute approximate surface area is 681 Å². The lowest BCUT2D eigenvalue weighted by Gasteiger charge is -2.60. The second kappa shape index (κ2) is 60.2. The van der Waals surface area contributed by atoms with Crippen LogP contribution in [0.5, 0.6) is 0 Å². The molecule has 0 spiro atoms. The molecular weight excluding hydrogens is 2340 g/mol. The predicted molar refractivity (Wildman–Crippen MR) is 632 cm³/mol. The fraction of sp³-hybridized carbons (Fsp3) is 0.417. The summed E-state index contributed by atoms with van der Waals surface area (Å²) in [6.07, 6.45) is 0. The van der Waals surface area contributed by atoms with Crippen LogP contribution in [0.2, 0.25) is 15.4 Å². The number of hydrogen-bond donors (Lipinski definition) is 1. The van der Waals surface area contributed by atoms with E-state index in [4.69, 9.17) is 53.1 Å². The van der Waals surface area contributed by atoms with Crippen LogP contribution in [0.3, 0.4) is 0 Å². The van der Waals surface area contributed by atoms with Gasteiger partial charge in [0.05, 0.1) is 32.5 Å². The van der Waals surface area contributed by atoms with E-state index in [-0.39, 0.29) is 207 Å². The molecule has 34 unspecified atom stereocenters. The average molecular weight is 2430 g/mol. The van der Waals surface area contributed by atoms with Gasteiger partial charge in [-0.3, -0.25) is 0 Å². The van der Waals surface area contributed by atoms with Crippen LogP contribution in [0.4, 0.5) is 6.01 Å². The molecule has 0 bridgehead atoms. The Morgan fingerprint density at radius 2 is 0.723 bits per heavy atom. The summed E-state index contributed by atoms with van der Waals surface area (Å²) < 4.78 is 21.3. The number of aromatic nitrogens is 2. The standard InChI is InChI=1S/C12H13ClN2O2.C7H3Cl2NO.C5H11NO.H61P59/c1-8-7-16-5-4-15(8)12-14-10-6-9(13)2-3-11(10)17-12;8-4-1-2-6-5(3-4)10-7(9)11-6;1-5-4-7-3-2-6-5;1-31-46(30)54(47(32(2)3)33(4)5)58(55(48(34(6)7)35(8)9)49(36(10)11)37(12)13)59(56(50(38(14)15)39(16)17)51(40(18)19)41(20)21)57(52(42(22)23)43(24)25)53(44(26)27)45(28)29/h2-3,6,8H,4-5,7H2,1H3;1-3H;5-6H,2-4H2,1H3;31H,1-30H2/t8-;;5-;/m0.0./s1. The van der Waals surface area contributed by atoms with E-state index in [2.05, 4.69) is 302 Å². The number of benzene rings is 2. The van der Waals surface area contributed by atoms with Gasteiger partial charge in [0.15, 0.2) is 11.2 Å². The lowest BCUT2D eigenvalue weighted by atomic mass is 10.3. The molecule has 70 heteroatoms. The van der Waals surface area contributed by atoms with Crippen molar-refractivity contribution in [2.45, 2.75) is 25.9 Å². The number of morpholine rings is 2. The number of rotatable bonds is 29. The summed E-state index contributed by atoms with van der Waals surface area (Å²) in [7, 11) is 107. The third-order valence-electron chi connectivity index (χ3n) is 10.5. The maximum atomic E-state index is 5.93.